The number of fused-ring (bicyclic) bond motifs is 2. The minimum atomic E-state index is -0.443. The van der Waals surface area contributed by atoms with Gasteiger partial charge in [0.15, 0.2) is 5.16 Å². The summed E-state index contributed by atoms with van der Waals surface area (Å²) in [5.74, 6) is 1.04. The Morgan fingerprint density at radius 1 is 1.32 bits per heavy atom. The van der Waals surface area contributed by atoms with E-state index in [2.05, 4.69) is 21.9 Å². The summed E-state index contributed by atoms with van der Waals surface area (Å²) >= 11 is 1.41. The number of hydrogen-bond donors (Lipinski definition) is 2. The number of nitrogens with one attached hydrogen (secondary N) is 2. The van der Waals surface area contributed by atoms with Crippen LogP contribution in [-0.4, -0.2) is 28.6 Å². The van der Waals surface area contributed by atoms with E-state index in [0.29, 0.717) is 40.9 Å². The molecule has 144 valence electrons. The van der Waals surface area contributed by atoms with Gasteiger partial charge in [0.2, 0.25) is 0 Å². The molecule has 1 aromatic heterocycles. The average molecular weight is 395 g/mol. The van der Waals surface area contributed by atoms with Crippen LogP contribution in [0.2, 0.25) is 0 Å². The van der Waals surface area contributed by atoms with Gasteiger partial charge in [-0.25, -0.2) is 4.98 Å². The number of carbonyl (C=O) groups excluding carboxylic acids is 1. The van der Waals surface area contributed by atoms with Crippen molar-refractivity contribution in [3.8, 4) is 5.75 Å². The van der Waals surface area contributed by atoms with E-state index < -0.39 is 11.8 Å². The monoisotopic (exact) mass is 395 g/mol. The number of benzene rings is 1. The number of aromatic nitrogens is 2. The Morgan fingerprint density at radius 2 is 2.14 bits per heavy atom. The van der Waals surface area contributed by atoms with E-state index in [-0.39, 0.29) is 11.3 Å². The highest BCUT2D eigenvalue weighted by Crippen LogP contribution is 2.47. The Morgan fingerprint density at radius 3 is 2.93 bits per heavy atom. The summed E-state index contributed by atoms with van der Waals surface area (Å²) in [5.41, 5.74) is 1.87. The van der Waals surface area contributed by atoms with Gasteiger partial charge in [-0.15, -0.1) is 6.58 Å². The van der Waals surface area contributed by atoms with Gasteiger partial charge >= 0.3 is 0 Å². The summed E-state index contributed by atoms with van der Waals surface area (Å²) in [6, 6.07) is 7.54. The fourth-order valence-corrected chi connectivity index (χ4v) is 4.53. The number of hydrogen-bond acceptors (Lipinski definition) is 6. The number of Topliss-reactive ketones (excluding diaryl/α,β-unsaturated/α-hetero) is 1. The van der Waals surface area contributed by atoms with Gasteiger partial charge in [0.1, 0.15) is 17.4 Å². The highest BCUT2D eigenvalue weighted by Gasteiger charge is 2.43. The zero-order valence-electron chi connectivity index (χ0n) is 15.5. The lowest BCUT2D eigenvalue weighted by Crippen LogP contribution is -2.39. The number of para-hydroxylation sites is 1. The van der Waals surface area contributed by atoms with E-state index in [1.165, 1.54) is 11.8 Å². The lowest BCUT2D eigenvalue weighted by Gasteiger charge is -2.37. The number of methoxy groups -OCH3 is 1. The molecular formula is C21H21N3O3S. The SMILES string of the molecule is C=CCSc1nc2c(c(=O)[nH]1)[C@H](c1ccccc1OC)[C@H]1C(=O)CCC=C1N2. The molecule has 0 unspecified atom stereocenters. The van der Waals surface area contributed by atoms with Crippen molar-refractivity contribution in [2.75, 3.05) is 18.2 Å². The summed E-state index contributed by atoms with van der Waals surface area (Å²) in [7, 11) is 1.60. The van der Waals surface area contributed by atoms with Crippen molar-refractivity contribution >= 4 is 23.4 Å². The molecule has 7 heteroatoms. The second-order valence-corrected chi connectivity index (χ2v) is 7.73. The zero-order valence-corrected chi connectivity index (χ0v) is 16.3. The zero-order chi connectivity index (χ0) is 19.7. The van der Waals surface area contributed by atoms with Crippen molar-refractivity contribution in [1.82, 2.24) is 9.97 Å². The third kappa shape index (κ3) is 3.16. The predicted octanol–water partition coefficient (Wildman–Crippen LogP) is 3.48. The van der Waals surface area contributed by atoms with Crippen LogP contribution in [0.4, 0.5) is 5.82 Å². The van der Waals surface area contributed by atoms with Gasteiger partial charge in [-0.2, -0.15) is 0 Å². The summed E-state index contributed by atoms with van der Waals surface area (Å²) in [6.45, 7) is 3.70. The van der Waals surface area contributed by atoms with Crippen molar-refractivity contribution in [3.05, 3.63) is 70.2 Å². The first-order chi connectivity index (χ1) is 13.6. The smallest absolute Gasteiger partial charge is 0.257 e. The maximum absolute atomic E-state index is 13.1. The Balaban J connectivity index is 1.94. The molecule has 0 amide bonds. The minimum Gasteiger partial charge on any atom is -0.496 e. The van der Waals surface area contributed by atoms with Gasteiger partial charge in [0.05, 0.1) is 18.6 Å². The number of allylic oxidation sites excluding steroid dienone is 2. The molecule has 2 aliphatic rings. The molecule has 0 fully saturated rings. The fraction of sp³-hybridized carbons (Fsp3) is 0.286. The molecule has 2 aromatic rings. The lowest BCUT2D eigenvalue weighted by molar-refractivity contribution is -0.122. The van der Waals surface area contributed by atoms with E-state index in [1.807, 2.05) is 30.3 Å². The molecule has 0 saturated carbocycles. The van der Waals surface area contributed by atoms with Gasteiger partial charge in [-0.05, 0) is 12.5 Å². The normalized spacial score (nSPS) is 20.5. The van der Waals surface area contributed by atoms with E-state index >= 15 is 0 Å². The third-order valence-electron chi connectivity index (χ3n) is 5.09. The van der Waals surface area contributed by atoms with Gasteiger partial charge in [0, 0.05) is 29.4 Å². The van der Waals surface area contributed by atoms with E-state index in [0.717, 1.165) is 11.3 Å². The van der Waals surface area contributed by atoms with Crippen LogP contribution >= 0.6 is 11.8 Å². The number of thioether (sulfide) groups is 1. The summed E-state index contributed by atoms with van der Waals surface area (Å²) < 4.78 is 5.55. The van der Waals surface area contributed by atoms with Crippen molar-refractivity contribution in [2.24, 2.45) is 5.92 Å². The van der Waals surface area contributed by atoms with Crippen LogP contribution in [0.15, 0.2) is 58.6 Å². The van der Waals surface area contributed by atoms with Crippen molar-refractivity contribution in [1.29, 1.82) is 0 Å². The summed E-state index contributed by atoms with van der Waals surface area (Å²) in [5, 5.41) is 3.78. The maximum atomic E-state index is 13.1. The molecule has 4 rings (SSSR count). The molecule has 0 spiro atoms. The number of rotatable bonds is 5. The number of nitrogens with zero attached hydrogens (tertiary/aromatic N) is 1. The Hall–Kier alpha value is -2.80. The molecule has 0 radical (unpaired) electrons. The fourth-order valence-electron chi connectivity index (χ4n) is 3.93. The molecule has 0 bridgehead atoms. The first-order valence-corrected chi connectivity index (χ1v) is 10.1. The van der Waals surface area contributed by atoms with Crippen molar-refractivity contribution in [2.45, 2.75) is 23.9 Å². The highest BCUT2D eigenvalue weighted by molar-refractivity contribution is 7.99. The average Bonchev–Trinajstić information content (AvgIpc) is 2.71. The number of carbonyl (C=O) groups is 1. The van der Waals surface area contributed by atoms with Crippen LogP contribution in [0.5, 0.6) is 5.75 Å². The van der Waals surface area contributed by atoms with Gasteiger partial charge in [-0.1, -0.05) is 42.1 Å². The molecule has 2 heterocycles. The van der Waals surface area contributed by atoms with Crippen LogP contribution in [-0.2, 0) is 4.79 Å². The molecule has 0 saturated heterocycles. The Bertz CT molecular complexity index is 1030. The molecule has 2 atom stereocenters. The van der Waals surface area contributed by atoms with Gasteiger partial charge < -0.3 is 15.0 Å². The Kier molecular flexibility index (Phi) is 5.09. The van der Waals surface area contributed by atoms with Crippen LogP contribution in [0.25, 0.3) is 0 Å². The first kappa shape index (κ1) is 18.6. The quantitative estimate of drug-likeness (QED) is 0.458. The molecule has 1 aliphatic heterocycles. The summed E-state index contributed by atoms with van der Waals surface area (Å²) in [4.78, 5) is 33.4. The predicted molar refractivity (Wildman–Crippen MR) is 110 cm³/mol. The molecular weight excluding hydrogens is 374 g/mol. The van der Waals surface area contributed by atoms with Gasteiger partial charge in [-0.3, -0.25) is 9.59 Å². The number of aromatic amines is 1. The number of ketones is 1. The van der Waals surface area contributed by atoms with Crippen molar-refractivity contribution in [3.63, 3.8) is 0 Å². The number of ether oxygens (including phenoxy) is 1. The van der Waals surface area contributed by atoms with Crippen LogP contribution in [0.3, 0.4) is 0 Å². The van der Waals surface area contributed by atoms with E-state index in [1.54, 1.807) is 13.2 Å². The first-order valence-electron chi connectivity index (χ1n) is 9.14. The van der Waals surface area contributed by atoms with E-state index in [4.69, 9.17) is 4.74 Å². The van der Waals surface area contributed by atoms with E-state index in [9.17, 15) is 9.59 Å². The number of H-pyrrole nitrogens is 1. The molecule has 28 heavy (non-hydrogen) atoms. The van der Waals surface area contributed by atoms with Crippen LogP contribution < -0.4 is 15.6 Å². The Labute approximate surface area is 167 Å². The molecule has 2 N–H and O–H groups in total. The van der Waals surface area contributed by atoms with Crippen LogP contribution in [0.1, 0.15) is 29.9 Å². The molecule has 6 nitrogen and oxygen atoms in total. The second kappa shape index (κ2) is 7.67. The van der Waals surface area contributed by atoms with Gasteiger partial charge in [0.25, 0.3) is 5.56 Å². The maximum Gasteiger partial charge on any atom is 0.257 e. The van der Waals surface area contributed by atoms with Crippen LogP contribution in [0, 0.1) is 5.92 Å². The second-order valence-electron chi connectivity index (χ2n) is 6.72. The lowest BCUT2D eigenvalue weighted by atomic mass is 9.72. The standard InChI is InChI=1S/C21H21N3O3S/c1-3-11-28-21-23-19-18(20(26)24-21)16(12-7-4-5-10-15(12)27-2)17-13(22-19)8-6-9-14(17)25/h3-5,7-8,10,16-17H,1,6,9,11H2,2H3,(H2,22,23,24,26)/t16-,17-/m1/s1. The number of anilines is 1. The topological polar surface area (TPSA) is 84.1 Å². The third-order valence-corrected chi connectivity index (χ3v) is 5.96. The molecule has 1 aliphatic carbocycles. The summed E-state index contributed by atoms with van der Waals surface area (Å²) in [6.07, 6.45) is 4.95. The minimum absolute atomic E-state index is 0.121. The largest absolute Gasteiger partial charge is 0.496 e. The molecule has 1 aromatic carbocycles. The van der Waals surface area contributed by atoms with Crippen molar-refractivity contribution < 1.29 is 9.53 Å². The highest BCUT2D eigenvalue weighted by atomic mass is 32.2.